The van der Waals surface area contributed by atoms with Crippen LogP contribution in [0, 0.1) is 0 Å². The van der Waals surface area contributed by atoms with E-state index in [9.17, 15) is 4.79 Å². The van der Waals surface area contributed by atoms with Gasteiger partial charge in [-0.1, -0.05) is 6.08 Å². The molecule has 0 aliphatic carbocycles. The van der Waals surface area contributed by atoms with Gasteiger partial charge in [0.2, 0.25) is 0 Å². The van der Waals surface area contributed by atoms with E-state index in [-0.39, 0.29) is 0 Å². The van der Waals surface area contributed by atoms with Crippen LogP contribution in [0.5, 0.6) is 0 Å². The van der Waals surface area contributed by atoms with Crippen molar-refractivity contribution >= 4 is 17.6 Å². The SMILES string of the molecule is C=CC(C)(Cl)C(=O)OC(C)(C)C. The average molecular weight is 191 g/mol. The number of esters is 1. The topological polar surface area (TPSA) is 26.3 Å². The molecule has 0 aromatic carbocycles. The summed E-state index contributed by atoms with van der Waals surface area (Å²) in [5.41, 5.74) is -0.504. The first-order valence-electron chi connectivity index (χ1n) is 3.75. The highest BCUT2D eigenvalue weighted by molar-refractivity contribution is 6.35. The minimum absolute atomic E-state index is 0.466. The second-order valence-electron chi connectivity index (χ2n) is 3.78. The van der Waals surface area contributed by atoms with E-state index in [1.54, 1.807) is 27.7 Å². The van der Waals surface area contributed by atoms with Crippen molar-refractivity contribution in [1.29, 1.82) is 0 Å². The van der Waals surface area contributed by atoms with Crippen molar-refractivity contribution in [2.24, 2.45) is 0 Å². The van der Waals surface area contributed by atoms with Crippen molar-refractivity contribution in [2.45, 2.75) is 38.2 Å². The molecule has 1 atom stereocenters. The molecule has 0 saturated carbocycles. The number of hydrogen-bond acceptors (Lipinski definition) is 2. The Morgan fingerprint density at radius 1 is 1.42 bits per heavy atom. The van der Waals surface area contributed by atoms with Crippen molar-refractivity contribution in [2.75, 3.05) is 0 Å². The summed E-state index contributed by atoms with van der Waals surface area (Å²) >= 11 is 5.78. The van der Waals surface area contributed by atoms with Gasteiger partial charge >= 0.3 is 5.97 Å². The molecule has 0 fully saturated rings. The van der Waals surface area contributed by atoms with Gasteiger partial charge < -0.3 is 4.74 Å². The molecule has 70 valence electrons. The Kier molecular flexibility index (Phi) is 3.34. The van der Waals surface area contributed by atoms with Crippen LogP contribution in [-0.4, -0.2) is 16.4 Å². The summed E-state index contributed by atoms with van der Waals surface area (Å²) in [7, 11) is 0. The molecular formula is C9H15ClO2. The standard InChI is InChI=1S/C9H15ClO2/c1-6-9(5,10)7(11)12-8(2,3)4/h6H,1H2,2-5H3. The van der Waals surface area contributed by atoms with Crippen LogP contribution in [0.15, 0.2) is 12.7 Å². The summed E-state index contributed by atoms with van der Waals surface area (Å²) in [6.45, 7) is 10.4. The molecule has 2 nitrogen and oxygen atoms in total. The summed E-state index contributed by atoms with van der Waals surface area (Å²) < 4.78 is 5.05. The zero-order valence-electron chi connectivity index (χ0n) is 7.98. The first kappa shape index (κ1) is 11.5. The molecule has 0 aromatic heterocycles. The van der Waals surface area contributed by atoms with Gasteiger partial charge in [0.05, 0.1) is 0 Å². The van der Waals surface area contributed by atoms with Crippen LogP contribution in [0.25, 0.3) is 0 Å². The van der Waals surface area contributed by atoms with Gasteiger partial charge in [-0.15, -0.1) is 18.2 Å². The minimum atomic E-state index is -1.12. The van der Waals surface area contributed by atoms with E-state index in [0.717, 1.165) is 0 Å². The molecule has 0 bridgehead atoms. The van der Waals surface area contributed by atoms with Crippen molar-refractivity contribution in [1.82, 2.24) is 0 Å². The van der Waals surface area contributed by atoms with Crippen LogP contribution in [0.4, 0.5) is 0 Å². The lowest BCUT2D eigenvalue weighted by molar-refractivity contribution is -0.156. The van der Waals surface area contributed by atoms with Crippen LogP contribution in [-0.2, 0) is 9.53 Å². The van der Waals surface area contributed by atoms with E-state index in [1.165, 1.54) is 6.08 Å². The highest BCUT2D eigenvalue weighted by Crippen LogP contribution is 2.20. The number of hydrogen-bond donors (Lipinski definition) is 0. The fourth-order valence-corrected chi connectivity index (χ4v) is 0.500. The second-order valence-corrected chi connectivity index (χ2v) is 4.57. The highest BCUT2D eigenvalue weighted by atomic mass is 35.5. The maximum Gasteiger partial charge on any atom is 0.331 e. The molecule has 0 aliphatic rings. The molecule has 0 spiro atoms. The largest absolute Gasteiger partial charge is 0.458 e. The van der Waals surface area contributed by atoms with Gasteiger partial charge in [-0.2, -0.15) is 0 Å². The number of rotatable bonds is 2. The highest BCUT2D eigenvalue weighted by Gasteiger charge is 2.31. The zero-order chi connectivity index (χ0) is 9.99. The molecule has 0 radical (unpaired) electrons. The molecule has 12 heavy (non-hydrogen) atoms. The third-order valence-corrected chi connectivity index (χ3v) is 1.49. The summed E-state index contributed by atoms with van der Waals surface area (Å²) in [6.07, 6.45) is 1.36. The smallest absolute Gasteiger partial charge is 0.331 e. The molecule has 0 heterocycles. The lowest BCUT2D eigenvalue weighted by Gasteiger charge is -2.24. The van der Waals surface area contributed by atoms with Crippen LogP contribution >= 0.6 is 11.6 Å². The predicted octanol–water partition coefficient (Wildman–Crippen LogP) is 2.51. The monoisotopic (exact) mass is 190 g/mol. The van der Waals surface area contributed by atoms with Crippen LogP contribution < -0.4 is 0 Å². The van der Waals surface area contributed by atoms with E-state index in [1.807, 2.05) is 0 Å². The number of carbonyl (C=O) groups excluding carboxylic acids is 1. The van der Waals surface area contributed by atoms with Gasteiger partial charge in [0.15, 0.2) is 4.87 Å². The Bertz CT molecular complexity index is 189. The van der Waals surface area contributed by atoms with E-state index >= 15 is 0 Å². The fraction of sp³-hybridized carbons (Fsp3) is 0.667. The van der Waals surface area contributed by atoms with Gasteiger partial charge in [-0.05, 0) is 27.7 Å². The van der Waals surface area contributed by atoms with Crippen LogP contribution in [0.3, 0.4) is 0 Å². The van der Waals surface area contributed by atoms with Crippen molar-refractivity contribution in [3.8, 4) is 0 Å². The van der Waals surface area contributed by atoms with E-state index < -0.39 is 16.4 Å². The third kappa shape index (κ3) is 3.77. The number of carbonyl (C=O) groups is 1. The van der Waals surface area contributed by atoms with E-state index in [0.29, 0.717) is 0 Å². The molecule has 3 heteroatoms. The Balaban J connectivity index is 4.33. The quantitative estimate of drug-likeness (QED) is 0.380. The van der Waals surface area contributed by atoms with Crippen molar-refractivity contribution < 1.29 is 9.53 Å². The maximum absolute atomic E-state index is 11.3. The second kappa shape index (κ2) is 3.48. The molecule has 0 N–H and O–H groups in total. The first-order valence-corrected chi connectivity index (χ1v) is 4.13. The predicted molar refractivity (Wildman–Crippen MR) is 50.3 cm³/mol. The number of halogens is 1. The lowest BCUT2D eigenvalue weighted by Crippen LogP contribution is -2.35. The van der Waals surface area contributed by atoms with E-state index in [2.05, 4.69) is 6.58 Å². The van der Waals surface area contributed by atoms with E-state index in [4.69, 9.17) is 16.3 Å². The molecule has 0 saturated heterocycles. The number of ether oxygens (including phenoxy) is 1. The molecule has 1 unspecified atom stereocenters. The van der Waals surface area contributed by atoms with Crippen LogP contribution in [0.1, 0.15) is 27.7 Å². The normalized spacial score (nSPS) is 16.4. The summed E-state index contributed by atoms with van der Waals surface area (Å²) in [5, 5.41) is 0. The Hall–Kier alpha value is -0.500. The van der Waals surface area contributed by atoms with Gasteiger partial charge in [0.1, 0.15) is 5.60 Å². The first-order chi connectivity index (χ1) is 5.19. The molecule has 0 aliphatic heterocycles. The Morgan fingerprint density at radius 2 is 1.83 bits per heavy atom. The summed E-state index contributed by atoms with van der Waals surface area (Å²) in [5.74, 6) is -0.466. The zero-order valence-corrected chi connectivity index (χ0v) is 8.73. The molecular weight excluding hydrogens is 176 g/mol. The lowest BCUT2D eigenvalue weighted by atomic mass is 10.1. The third-order valence-electron chi connectivity index (χ3n) is 1.18. The summed E-state index contributed by atoms with van der Waals surface area (Å²) in [4.78, 5) is 10.2. The Morgan fingerprint density at radius 3 is 2.08 bits per heavy atom. The summed E-state index contributed by atoms with van der Waals surface area (Å²) in [6, 6.07) is 0. The average Bonchev–Trinajstić information content (AvgIpc) is 1.84. The van der Waals surface area contributed by atoms with Crippen molar-refractivity contribution in [3.05, 3.63) is 12.7 Å². The molecule has 0 amide bonds. The van der Waals surface area contributed by atoms with Gasteiger partial charge in [0, 0.05) is 0 Å². The van der Waals surface area contributed by atoms with Gasteiger partial charge in [-0.25, -0.2) is 4.79 Å². The van der Waals surface area contributed by atoms with Gasteiger partial charge in [0.25, 0.3) is 0 Å². The maximum atomic E-state index is 11.3. The van der Waals surface area contributed by atoms with Crippen molar-refractivity contribution in [3.63, 3.8) is 0 Å². The van der Waals surface area contributed by atoms with Gasteiger partial charge in [-0.3, -0.25) is 0 Å². The Labute approximate surface area is 78.5 Å². The number of alkyl halides is 1. The molecule has 0 aromatic rings. The van der Waals surface area contributed by atoms with Crippen LogP contribution in [0.2, 0.25) is 0 Å². The minimum Gasteiger partial charge on any atom is -0.458 e. The fourth-order valence-electron chi connectivity index (χ4n) is 0.461. The molecule has 0 rings (SSSR count).